The monoisotopic (exact) mass is 517 g/mol. The second-order valence-corrected chi connectivity index (χ2v) is 9.63. The third-order valence-electron chi connectivity index (χ3n) is 4.37. The average molecular weight is 518 g/mol. The van der Waals surface area contributed by atoms with Crippen molar-refractivity contribution in [2.45, 2.75) is 11.8 Å². The number of carbonyl (C=O) groups is 1. The zero-order valence-electron chi connectivity index (χ0n) is 16.6. The third kappa shape index (κ3) is 5.69. The molecule has 0 saturated heterocycles. The number of rotatable bonds is 6. The molecule has 0 aliphatic carbocycles. The van der Waals surface area contributed by atoms with Gasteiger partial charge in [0.2, 0.25) is 0 Å². The molecule has 0 aromatic heterocycles. The van der Waals surface area contributed by atoms with E-state index in [9.17, 15) is 13.2 Å². The van der Waals surface area contributed by atoms with E-state index in [1.165, 1.54) is 16.4 Å². The highest BCUT2D eigenvalue weighted by Gasteiger charge is 2.23. The highest BCUT2D eigenvalue weighted by Crippen LogP contribution is 2.24. The lowest BCUT2D eigenvalue weighted by Gasteiger charge is -2.23. The predicted molar refractivity (Wildman–Crippen MR) is 131 cm³/mol. The Hall–Kier alpha value is -2.75. The van der Waals surface area contributed by atoms with E-state index in [-0.39, 0.29) is 15.9 Å². The molecule has 31 heavy (non-hydrogen) atoms. The molecule has 3 rings (SSSR count). The van der Waals surface area contributed by atoms with E-state index in [1.807, 2.05) is 6.07 Å². The summed E-state index contributed by atoms with van der Waals surface area (Å²) in [7, 11) is -3.71. The largest absolute Gasteiger partial charge is 0.332 e. The van der Waals surface area contributed by atoms with Gasteiger partial charge in [-0.2, -0.15) is 0 Å². The quantitative estimate of drug-likeness (QED) is 0.459. The van der Waals surface area contributed by atoms with Crippen LogP contribution in [0.3, 0.4) is 0 Å². The summed E-state index contributed by atoms with van der Waals surface area (Å²) in [6, 6.07) is 22.0. The standard InChI is InChI=1S/C22H20BrN3O3S2/c1-2-26(19-6-4-3-5-7-19)31(28,29)20-14-12-18(13-15-20)24-22(30)25-21(27)16-8-10-17(23)11-9-16/h3-15H,2H2,1H3,(H2,24,25,27,30). The number of hydrogen-bond donors (Lipinski definition) is 2. The van der Waals surface area contributed by atoms with Crippen LogP contribution in [-0.2, 0) is 10.0 Å². The molecule has 6 nitrogen and oxygen atoms in total. The van der Waals surface area contributed by atoms with Crippen molar-refractivity contribution in [3.8, 4) is 0 Å². The molecule has 0 atom stereocenters. The Kier molecular flexibility index (Phi) is 7.42. The maximum atomic E-state index is 13.0. The van der Waals surface area contributed by atoms with Crippen molar-refractivity contribution < 1.29 is 13.2 Å². The molecule has 3 aromatic carbocycles. The first-order valence-corrected chi connectivity index (χ1v) is 12.0. The second kappa shape index (κ2) is 10.0. The zero-order valence-corrected chi connectivity index (χ0v) is 19.8. The van der Waals surface area contributed by atoms with E-state index in [4.69, 9.17) is 12.2 Å². The minimum atomic E-state index is -3.71. The van der Waals surface area contributed by atoms with Gasteiger partial charge in [0.05, 0.1) is 10.6 Å². The Balaban J connectivity index is 1.68. The third-order valence-corrected chi connectivity index (χ3v) is 7.02. The van der Waals surface area contributed by atoms with Gasteiger partial charge in [0.25, 0.3) is 15.9 Å². The molecule has 0 fully saturated rings. The number of nitrogens with one attached hydrogen (secondary N) is 2. The maximum Gasteiger partial charge on any atom is 0.264 e. The van der Waals surface area contributed by atoms with E-state index in [0.29, 0.717) is 23.5 Å². The van der Waals surface area contributed by atoms with Crippen LogP contribution in [0.15, 0.2) is 88.2 Å². The summed E-state index contributed by atoms with van der Waals surface area (Å²) in [6.45, 7) is 2.09. The van der Waals surface area contributed by atoms with Gasteiger partial charge in [-0.3, -0.25) is 14.4 Å². The van der Waals surface area contributed by atoms with E-state index in [1.54, 1.807) is 67.6 Å². The van der Waals surface area contributed by atoms with Gasteiger partial charge in [-0.05, 0) is 79.8 Å². The fourth-order valence-electron chi connectivity index (χ4n) is 2.86. The Labute approximate surface area is 195 Å². The number of halogens is 1. The molecule has 2 N–H and O–H groups in total. The molecule has 0 unspecified atom stereocenters. The molecular formula is C22H20BrN3O3S2. The summed E-state index contributed by atoms with van der Waals surface area (Å²) >= 11 is 8.51. The summed E-state index contributed by atoms with van der Waals surface area (Å²) in [4.78, 5) is 12.4. The topological polar surface area (TPSA) is 78.5 Å². The number of benzene rings is 3. The first kappa shape index (κ1) is 22.9. The van der Waals surface area contributed by atoms with Gasteiger partial charge in [0, 0.05) is 22.3 Å². The number of sulfonamides is 1. The van der Waals surface area contributed by atoms with Crippen molar-refractivity contribution in [2.24, 2.45) is 0 Å². The van der Waals surface area contributed by atoms with Gasteiger partial charge in [-0.15, -0.1) is 0 Å². The van der Waals surface area contributed by atoms with Crippen molar-refractivity contribution in [2.75, 3.05) is 16.2 Å². The molecule has 0 heterocycles. The number of nitrogens with zero attached hydrogens (tertiary/aromatic N) is 1. The SMILES string of the molecule is CCN(c1ccccc1)S(=O)(=O)c1ccc(NC(=S)NC(=O)c2ccc(Br)cc2)cc1. The molecule has 0 aliphatic heterocycles. The predicted octanol–water partition coefficient (Wildman–Crippen LogP) is 4.79. The molecule has 9 heteroatoms. The number of thiocarbonyl (C=S) groups is 1. The van der Waals surface area contributed by atoms with Gasteiger partial charge in [0.15, 0.2) is 5.11 Å². The van der Waals surface area contributed by atoms with Crippen LogP contribution in [0.1, 0.15) is 17.3 Å². The maximum absolute atomic E-state index is 13.0. The molecule has 1 amide bonds. The first-order chi connectivity index (χ1) is 14.8. The first-order valence-electron chi connectivity index (χ1n) is 9.37. The molecule has 0 spiro atoms. The van der Waals surface area contributed by atoms with E-state index in [0.717, 1.165) is 4.47 Å². The zero-order chi connectivity index (χ0) is 22.4. The number of amides is 1. The minimum Gasteiger partial charge on any atom is -0.332 e. The molecule has 0 aliphatic rings. The van der Waals surface area contributed by atoms with Gasteiger partial charge >= 0.3 is 0 Å². The van der Waals surface area contributed by atoms with Crippen molar-refractivity contribution in [3.05, 3.63) is 88.9 Å². The van der Waals surface area contributed by atoms with Crippen LogP contribution in [0.25, 0.3) is 0 Å². The Morgan fingerprint density at radius 3 is 2.16 bits per heavy atom. The summed E-state index contributed by atoms with van der Waals surface area (Å²) in [5.41, 5.74) is 1.63. The lowest BCUT2D eigenvalue weighted by atomic mass is 10.2. The lowest BCUT2D eigenvalue weighted by Crippen LogP contribution is -2.34. The molecule has 0 bridgehead atoms. The lowest BCUT2D eigenvalue weighted by molar-refractivity contribution is 0.0977. The van der Waals surface area contributed by atoms with Crippen LogP contribution >= 0.6 is 28.1 Å². The smallest absolute Gasteiger partial charge is 0.264 e. The summed E-state index contributed by atoms with van der Waals surface area (Å²) in [5, 5.41) is 5.60. The fraction of sp³-hybridized carbons (Fsp3) is 0.0909. The summed E-state index contributed by atoms with van der Waals surface area (Å²) < 4.78 is 28.3. The summed E-state index contributed by atoms with van der Waals surface area (Å²) in [5.74, 6) is -0.342. The van der Waals surface area contributed by atoms with Gasteiger partial charge < -0.3 is 5.32 Å². The molecule has 0 saturated carbocycles. The highest BCUT2D eigenvalue weighted by molar-refractivity contribution is 9.10. The van der Waals surface area contributed by atoms with Crippen molar-refractivity contribution in [3.63, 3.8) is 0 Å². The van der Waals surface area contributed by atoms with Crippen LogP contribution in [0.5, 0.6) is 0 Å². The van der Waals surface area contributed by atoms with Gasteiger partial charge in [-0.25, -0.2) is 8.42 Å². The van der Waals surface area contributed by atoms with E-state index in [2.05, 4.69) is 26.6 Å². The van der Waals surface area contributed by atoms with Gasteiger partial charge in [0.1, 0.15) is 0 Å². The average Bonchev–Trinajstić information content (AvgIpc) is 2.75. The van der Waals surface area contributed by atoms with Crippen LogP contribution < -0.4 is 14.9 Å². The summed E-state index contributed by atoms with van der Waals surface area (Å²) in [6.07, 6.45) is 0. The normalized spacial score (nSPS) is 10.9. The van der Waals surface area contributed by atoms with Crippen molar-refractivity contribution in [1.29, 1.82) is 0 Å². The molecule has 0 radical (unpaired) electrons. The van der Waals surface area contributed by atoms with E-state index >= 15 is 0 Å². The molecular weight excluding hydrogens is 498 g/mol. The van der Waals surface area contributed by atoms with Crippen LogP contribution in [0.4, 0.5) is 11.4 Å². The van der Waals surface area contributed by atoms with E-state index < -0.39 is 10.0 Å². The highest BCUT2D eigenvalue weighted by atomic mass is 79.9. The number of hydrogen-bond acceptors (Lipinski definition) is 4. The number of carbonyl (C=O) groups excluding carboxylic acids is 1. The van der Waals surface area contributed by atoms with Crippen LogP contribution in [-0.4, -0.2) is 26.0 Å². The molecule has 160 valence electrons. The Bertz CT molecular complexity index is 1170. The van der Waals surface area contributed by atoms with Crippen molar-refractivity contribution >= 4 is 60.6 Å². The van der Waals surface area contributed by atoms with Gasteiger partial charge in [-0.1, -0.05) is 34.1 Å². The second-order valence-electron chi connectivity index (χ2n) is 6.44. The van der Waals surface area contributed by atoms with Crippen LogP contribution in [0.2, 0.25) is 0 Å². The van der Waals surface area contributed by atoms with Crippen LogP contribution in [0, 0.1) is 0 Å². The van der Waals surface area contributed by atoms with Crippen molar-refractivity contribution in [1.82, 2.24) is 5.32 Å². The number of para-hydroxylation sites is 1. The molecule has 3 aromatic rings. The Morgan fingerprint density at radius 1 is 0.968 bits per heavy atom. The fourth-order valence-corrected chi connectivity index (χ4v) is 4.81. The minimum absolute atomic E-state index is 0.114. The number of anilines is 2. The Morgan fingerprint density at radius 2 is 1.58 bits per heavy atom.